The summed E-state index contributed by atoms with van der Waals surface area (Å²) in [6.45, 7) is 8.07. The third kappa shape index (κ3) is 1.41. The highest BCUT2D eigenvalue weighted by molar-refractivity contribution is 6.05. The summed E-state index contributed by atoms with van der Waals surface area (Å²) in [5.74, 6) is -3.80. The Morgan fingerprint density at radius 3 is 2.50 bits per heavy atom. The maximum atomic E-state index is 13.3. The van der Waals surface area contributed by atoms with Crippen molar-refractivity contribution in [3.8, 4) is 0 Å². The SMILES string of the molecule is C=C1C(=O)C23[C@H](O)C1CC[C@H]2[C@]12CO[C@@]3(O)[C@@H](O)[C@@H]1C(C)(C)CC[C@@H]2O. The van der Waals surface area contributed by atoms with E-state index in [1.807, 2.05) is 13.8 Å². The van der Waals surface area contributed by atoms with Gasteiger partial charge in [0.05, 0.1) is 18.8 Å². The second kappa shape index (κ2) is 4.61. The molecule has 6 heteroatoms. The zero-order valence-electron chi connectivity index (χ0n) is 15.3. The molecule has 6 nitrogen and oxygen atoms in total. The van der Waals surface area contributed by atoms with Gasteiger partial charge in [0, 0.05) is 17.3 Å². The van der Waals surface area contributed by atoms with Gasteiger partial charge in [-0.2, -0.15) is 0 Å². The van der Waals surface area contributed by atoms with E-state index in [1.165, 1.54) is 0 Å². The predicted octanol–water partition coefficient (Wildman–Crippen LogP) is 0.376. The highest BCUT2D eigenvalue weighted by Gasteiger charge is 2.86. The van der Waals surface area contributed by atoms with Gasteiger partial charge in [-0.15, -0.1) is 0 Å². The van der Waals surface area contributed by atoms with E-state index in [4.69, 9.17) is 4.74 Å². The van der Waals surface area contributed by atoms with Gasteiger partial charge in [-0.25, -0.2) is 0 Å². The Labute approximate surface area is 152 Å². The van der Waals surface area contributed by atoms with Gasteiger partial charge >= 0.3 is 0 Å². The molecule has 0 radical (unpaired) electrons. The Bertz CT molecular complexity index is 717. The number of hydrogen-bond donors (Lipinski definition) is 4. The van der Waals surface area contributed by atoms with E-state index in [1.54, 1.807) is 0 Å². The van der Waals surface area contributed by atoms with E-state index < -0.39 is 58.5 Å². The minimum atomic E-state index is -2.15. The molecule has 4 saturated carbocycles. The summed E-state index contributed by atoms with van der Waals surface area (Å²) in [4.78, 5) is 13.3. The van der Waals surface area contributed by atoms with Crippen LogP contribution < -0.4 is 0 Å². The quantitative estimate of drug-likeness (QED) is 0.463. The summed E-state index contributed by atoms with van der Waals surface area (Å²) in [7, 11) is 0. The van der Waals surface area contributed by atoms with E-state index in [0.717, 1.165) is 6.42 Å². The number of carbonyl (C=O) groups is 1. The molecular formula is C20H28O6. The fourth-order valence-electron chi connectivity index (χ4n) is 7.90. The smallest absolute Gasteiger partial charge is 0.208 e. The fraction of sp³-hybridized carbons (Fsp3) is 0.850. The van der Waals surface area contributed by atoms with E-state index >= 15 is 0 Å². The first-order valence-electron chi connectivity index (χ1n) is 9.71. The normalized spacial score (nSPS) is 59.9. The number of Topliss-reactive ketones (excluding diaryl/α,β-unsaturated/α-hetero) is 1. The van der Waals surface area contributed by atoms with Crippen molar-refractivity contribution in [2.75, 3.05) is 6.61 Å². The van der Waals surface area contributed by atoms with Gasteiger partial charge in [-0.05, 0) is 42.6 Å². The van der Waals surface area contributed by atoms with Crippen molar-refractivity contribution in [3.63, 3.8) is 0 Å². The molecule has 2 spiro atoms. The van der Waals surface area contributed by atoms with Crippen LogP contribution in [-0.2, 0) is 9.53 Å². The summed E-state index contributed by atoms with van der Waals surface area (Å²) in [5, 5.41) is 45.1. The molecule has 2 unspecified atom stereocenters. The maximum Gasteiger partial charge on any atom is 0.208 e. The molecule has 26 heavy (non-hydrogen) atoms. The van der Waals surface area contributed by atoms with Crippen LogP contribution in [0, 0.1) is 34.0 Å². The molecule has 2 aliphatic heterocycles. The van der Waals surface area contributed by atoms with Gasteiger partial charge < -0.3 is 25.2 Å². The summed E-state index contributed by atoms with van der Waals surface area (Å²) < 4.78 is 5.80. The molecule has 0 aromatic rings. The number of carbonyl (C=O) groups excluding carboxylic acids is 1. The van der Waals surface area contributed by atoms with Crippen molar-refractivity contribution in [2.45, 2.75) is 63.6 Å². The van der Waals surface area contributed by atoms with Gasteiger partial charge in [0.25, 0.3) is 0 Å². The third-order valence-electron chi connectivity index (χ3n) is 8.88. The molecule has 9 atom stereocenters. The zero-order chi connectivity index (χ0) is 18.9. The molecule has 0 aromatic carbocycles. The standard InChI is InChI=1S/C20H28O6/c1-9-10-4-5-11-18-8-26-20(25,19(11,14(9)22)15(10)23)16(24)13(18)17(2,3)7-6-12(18)21/h10-13,15-16,21,23-25H,1,4-8H2,2-3H3/t10?,11-,12-,13+,15+,16-,18-,19?,20-/m0/s1. The number of ether oxygens (including phenoxy) is 1. The molecule has 144 valence electrons. The van der Waals surface area contributed by atoms with Crippen LogP contribution in [0.5, 0.6) is 0 Å². The van der Waals surface area contributed by atoms with Crippen molar-refractivity contribution in [1.82, 2.24) is 0 Å². The summed E-state index contributed by atoms with van der Waals surface area (Å²) >= 11 is 0. The summed E-state index contributed by atoms with van der Waals surface area (Å²) in [6.07, 6.45) is -0.747. The molecule has 0 aromatic heterocycles. The van der Waals surface area contributed by atoms with Crippen LogP contribution in [0.2, 0.25) is 0 Å². The van der Waals surface area contributed by atoms with Gasteiger partial charge in [0.15, 0.2) is 5.78 Å². The van der Waals surface area contributed by atoms with Gasteiger partial charge in [-0.3, -0.25) is 4.79 Å². The molecule has 2 heterocycles. The molecular weight excluding hydrogens is 336 g/mol. The third-order valence-corrected chi connectivity index (χ3v) is 8.88. The van der Waals surface area contributed by atoms with Crippen molar-refractivity contribution in [2.24, 2.45) is 34.0 Å². The number of rotatable bonds is 0. The largest absolute Gasteiger partial charge is 0.392 e. The van der Waals surface area contributed by atoms with Gasteiger partial charge in [0.2, 0.25) is 5.79 Å². The average Bonchev–Trinajstić information content (AvgIpc) is 2.69. The highest BCUT2D eigenvalue weighted by atomic mass is 16.6. The topological polar surface area (TPSA) is 107 Å². The minimum absolute atomic E-state index is 0.0966. The molecule has 6 rings (SSSR count). The van der Waals surface area contributed by atoms with Crippen LogP contribution in [0.1, 0.15) is 39.5 Å². The van der Waals surface area contributed by atoms with Crippen LogP contribution in [0.15, 0.2) is 12.2 Å². The van der Waals surface area contributed by atoms with Crippen molar-refractivity contribution < 1.29 is 30.0 Å². The van der Waals surface area contributed by atoms with Crippen molar-refractivity contribution >= 4 is 5.78 Å². The molecule has 4 bridgehead atoms. The number of fused-ring (bicyclic) bond motifs is 2. The van der Waals surface area contributed by atoms with Gasteiger partial charge in [0.1, 0.15) is 11.5 Å². The number of hydrogen-bond acceptors (Lipinski definition) is 6. The lowest BCUT2D eigenvalue weighted by molar-refractivity contribution is -0.458. The average molecular weight is 364 g/mol. The van der Waals surface area contributed by atoms with Gasteiger partial charge in [-0.1, -0.05) is 20.4 Å². The van der Waals surface area contributed by atoms with Crippen molar-refractivity contribution in [1.29, 1.82) is 0 Å². The van der Waals surface area contributed by atoms with Crippen LogP contribution in [0.4, 0.5) is 0 Å². The molecule has 0 amide bonds. The van der Waals surface area contributed by atoms with Crippen LogP contribution in [-0.4, -0.2) is 56.9 Å². The van der Waals surface area contributed by atoms with E-state index in [0.29, 0.717) is 24.8 Å². The molecule has 6 fully saturated rings. The maximum absolute atomic E-state index is 13.3. The minimum Gasteiger partial charge on any atom is -0.392 e. The fourth-order valence-corrected chi connectivity index (χ4v) is 7.90. The Balaban J connectivity index is 1.81. The number of aliphatic hydroxyl groups is 4. The van der Waals surface area contributed by atoms with E-state index in [2.05, 4.69) is 6.58 Å². The monoisotopic (exact) mass is 364 g/mol. The second-order valence-electron chi connectivity index (χ2n) is 9.97. The van der Waals surface area contributed by atoms with E-state index in [9.17, 15) is 25.2 Å². The summed E-state index contributed by atoms with van der Waals surface area (Å²) in [6, 6.07) is 0. The highest BCUT2D eigenvalue weighted by Crippen LogP contribution is 2.76. The molecule has 2 saturated heterocycles. The molecule has 4 aliphatic carbocycles. The number of aliphatic hydroxyl groups excluding tert-OH is 3. The Morgan fingerprint density at radius 2 is 1.81 bits per heavy atom. The Kier molecular flexibility index (Phi) is 3.07. The second-order valence-corrected chi connectivity index (χ2v) is 9.97. The Morgan fingerprint density at radius 1 is 1.12 bits per heavy atom. The van der Waals surface area contributed by atoms with Crippen molar-refractivity contribution in [3.05, 3.63) is 12.2 Å². The lowest BCUT2D eigenvalue weighted by atomic mass is 9.35. The Hall–Kier alpha value is -0.790. The first-order chi connectivity index (χ1) is 12.1. The number of ketones is 1. The molecule has 6 aliphatic rings. The van der Waals surface area contributed by atoms with E-state index in [-0.39, 0.29) is 12.0 Å². The van der Waals surface area contributed by atoms with Crippen LogP contribution >= 0.6 is 0 Å². The van der Waals surface area contributed by atoms with Crippen LogP contribution in [0.25, 0.3) is 0 Å². The lowest BCUT2D eigenvalue weighted by Crippen LogP contribution is -2.85. The summed E-state index contributed by atoms with van der Waals surface area (Å²) in [5.41, 5.74) is -2.49. The zero-order valence-corrected chi connectivity index (χ0v) is 15.3. The molecule has 4 N–H and O–H groups in total. The van der Waals surface area contributed by atoms with Crippen LogP contribution in [0.3, 0.4) is 0 Å². The first-order valence-corrected chi connectivity index (χ1v) is 9.71. The predicted molar refractivity (Wildman–Crippen MR) is 90.7 cm³/mol. The first kappa shape index (κ1) is 17.3. The lowest BCUT2D eigenvalue weighted by Gasteiger charge is -2.74.